The van der Waals surface area contributed by atoms with Crippen LogP contribution in [0.1, 0.15) is 55.7 Å². The second kappa shape index (κ2) is 10.3. The number of hydrogen-bond acceptors (Lipinski definition) is 10. The van der Waals surface area contributed by atoms with Crippen molar-refractivity contribution in [1.29, 1.82) is 0 Å². The molecule has 4 aromatic heterocycles. The molecule has 1 aliphatic rings. The van der Waals surface area contributed by atoms with Gasteiger partial charge in [0.1, 0.15) is 17.8 Å². The molecule has 3 atom stereocenters. The summed E-state index contributed by atoms with van der Waals surface area (Å²) in [6.45, 7) is 5.19. The number of anilines is 1. The standard InChI is InChI=1S/C24H27ClN8O4S/c1-13(22-26-10-17(25)11-27-22)15(3)38(34,35)32-24-30-29-23(19-6-5-7-20(28-19)36-4)33(24)21(16-8-9-16)18-12-37-31-14(18)2/h5-7,10-13,15-16,21H,8-9H2,1-4H3,(H,30,32). The van der Waals surface area contributed by atoms with E-state index in [4.69, 9.17) is 20.9 Å². The van der Waals surface area contributed by atoms with Crippen molar-refractivity contribution >= 4 is 27.6 Å². The van der Waals surface area contributed by atoms with Crippen LogP contribution in [-0.4, -0.2) is 55.7 Å². The van der Waals surface area contributed by atoms with Crippen LogP contribution in [0.3, 0.4) is 0 Å². The van der Waals surface area contributed by atoms with E-state index in [1.54, 1.807) is 42.9 Å². The van der Waals surface area contributed by atoms with Crippen LogP contribution in [0.4, 0.5) is 5.95 Å². The Morgan fingerprint density at radius 2 is 1.92 bits per heavy atom. The third-order valence-corrected chi connectivity index (χ3v) is 8.83. The molecule has 0 amide bonds. The zero-order valence-corrected chi connectivity index (χ0v) is 22.8. The van der Waals surface area contributed by atoms with Crippen molar-refractivity contribution in [3.05, 3.63) is 59.0 Å². The zero-order chi connectivity index (χ0) is 27.0. The number of aryl methyl sites for hydroxylation is 1. The lowest BCUT2D eigenvalue weighted by atomic mass is 10.0. The van der Waals surface area contributed by atoms with Crippen LogP contribution < -0.4 is 9.46 Å². The highest BCUT2D eigenvalue weighted by molar-refractivity contribution is 7.93. The highest BCUT2D eigenvalue weighted by Crippen LogP contribution is 2.47. The predicted octanol–water partition coefficient (Wildman–Crippen LogP) is 4.02. The number of ether oxygens (including phenoxy) is 1. The number of rotatable bonds is 10. The fourth-order valence-electron chi connectivity index (χ4n) is 4.31. The van der Waals surface area contributed by atoms with Crippen molar-refractivity contribution in [3.63, 3.8) is 0 Å². The summed E-state index contributed by atoms with van der Waals surface area (Å²) in [7, 11) is -2.44. The Balaban J connectivity index is 1.57. The smallest absolute Gasteiger partial charge is 0.239 e. The maximum atomic E-state index is 13.6. The van der Waals surface area contributed by atoms with E-state index in [1.807, 2.05) is 6.92 Å². The normalized spacial score (nSPS) is 16.1. The van der Waals surface area contributed by atoms with Gasteiger partial charge in [0.2, 0.25) is 21.9 Å². The number of hydrogen-bond donors (Lipinski definition) is 1. The van der Waals surface area contributed by atoms with E-state index in [9.17, 15) is 8.42 Å². The van der Waals surface area contributed by atoms with Gasteiger partial charge in [-0.15, -0.1) is 10.2 Å². The molecule has 4 heterocycles. The summed E-state index contributed by atoms with van der Waals surface area (Å²) in [5, 5.41) is 12.2. The first-order valence-corrected chi connectivity index (χ1v) is 14.0. The summed E-state index contributed by atoms with van der Waals surface area (Å²) in [5.74, 6) is 0.912. The van der Waals surface area contributed by atoms with Gasteiger partial charge in [-0.2, -0.15) is 0 Å². The molecule has 200 valence electrons. The van der Waals surface area contributed by atoms with Crippen molar-refractivity contribution < 1.29 is 17.7 Å². The van der Waals surface area contributed by atoms with Gasteiger partial charge in [-0.25, -0.2) is 23.4 Å². The molecule has 14 heteroatoms. The maximum Gasteiger partial charge on any atom is 0.239 e. The molecule has 0 aliphatic heterocycles. The summed E-state index contributed by atoms with van der Waals surface area (Å²) in [5.41, 5.74) is 2.02. The highest BCUT2D eigenvalue weighted by atomic mass is 35.5. The molecular weight excluding hydrogens is 532 g/mol. The monoisotopic (exact) mass is 558 g/mol. The van der Waals surface area contributed by atoms with Crippen molar-refractivity contribution in [2.75, 3.05) is 11.8 Å². The van der Waals surface area contributed by atoms with E-state index in [2.05, 4.69) is 35.0 Å². The van der Waals surface area contributed by atoms with Gasteiger partial charge in [0.25, 0.3) is 0 Å². The Labute approximate surface area is 224 Å². The minimum atomic E-state index is -3.96. The number of aromatic nitrogens is 7. The Morgan fingerprint density at radius 3 is 2.55 bits per heavy atom. The molecule has 4 aromatic rings. The summed E-state index contributed by atoms with van der Waals surface area (Å²) < 4.78 is 42.2. The maximum absolute atomic E-state index is 13.6. The molecule has 38 heavy (non-hydrogen) atoms. The molecular formula is C24H27ClN8O4S. The van der Waals surface area contributed by atoms with Crippen LogP contribution in [0.15, 0.2) is 41.4 Å². The highest BCUT2D eigenvalue weighted by Gasteiger charge is 2.40. The number of sulfonamides is 1. The largest absolute Gasteiger partial charge is 0.481 e. The average Bonchev–Trinajstić information content (AvgIpc) is 3.54. The number of halogens is 1. The summed E-state index contributed by atoms with van der Waals surface area (Å²) in [6, 6.07) is 4.97. The molecule has 0 bridgehead atoms. The zero-order valence-electron chi connectivity index (χ0n) is 21.2. The van der Waals surface area contributed by atoms with Crippen molar-refractivity contribution in [2.24, 2.45) is 5.92 Å². The van der Waals surface area contributed by atoms with Gasteiger partial charge in [0, 0.05) is 29.9 Å². The average molecular weight is 559 g/mol. The Kier molecular flexibility index (Phi) is 7.05. The van der Waals surface area contributed by atoms with Gasteiger partial charge in [-0.1, -0.05) is 29.7 Å². The molecule has 1 N–H and O–H groups in total. The van der Waals surface area contributed by atoms with Gasteiger partial charge >= 0.3 is 0 Å². The van der Waals surface area contributed by atoms with E-state index in [1.165, 1.54) is 19.5 Å². The van der Waals surface area contributed by atoms with Crippen LogP contribution in [0, 0.1) is 12.8 Å². The molecule has 12 nitrogen and oxygen atoms in total. The number of methoxy groups -OCH3 is 1. The van der Waals surface area contributed by atoms with E-state index in [-0.39, 0.29) is 17.9 Å². The minimum Gasteiger partial charge on any atom is -0.481 e. The summed E-state index contributed by atoms with van der Waals surface area (Å²) >= 11 is 5.90. The van der Waals surface area contributed by atoms with Gasteiger partial charge in [-0.3, -0.25) is 9.29 Å². The number of nitrogens with zero attached hydrogens (tertiary/aromatic N) is 7. The second-order valence-electron chi connectivity index (χ2n) is 9.32. The lowest BCUT2D eigenvalue weighted by Crippen LogP contribution is -2.32. The first kappa shape index (κ1) is 26.0. The van der Waals surface area contributed by atoms with E-state index in [0.717, 1.165) is 18.4 Å². The van der Waals surface area contributed by atoms with Crippen molar-refractivity contribution in [3.8, 4) is 17.4 Å². The van der Waals surface area contributed by atoms with Crippen LogP contribution in [-0.2, 0) is 10.0 Å². The molecule has 0 spiro atoms. The third kappa shape index (κ3) is 5.07. The second-order valence-corrected chi connectivity index (χ2v) is 11.8. The molecule has 5 rings (SSSR count). The quantitative estimate of drug-likeness (QED) is 0.302. The molecule has 1 saturated carbocycles. The third-order valence-electron chi connectivity index (χ3n) is 6.78. The summed E-state index contributed by atoms with van der Waals surface area (Å²) in [4.78, 5) is 12.9. The van der Waals surface area contributed by atoms with Gasteiger partial charge in [0.05, 0.1) is 29.1 Å². The molecule has 0 aromatic carbocycles. The number of nitrogens with one attached hydrogen (secondary N) is 1. The lowest BCUT2D eigenvalue weighted by Gasteiger charge is -2.23. The van der Waals surface area contributed by atoms with E-state index >= 15 is 0 Å². The molecule has 3 unspecified atom stereocenters. The molecule has 1 fully saturated rings. The topological polar surface area (TPSA) is 151 Å². The SMILES string of the molecule is COc1cccc(-c2nnc(NS(=O)(=O)C(C)C(C)c3ncc(Cl)cn3)n2C(c2conc2C)C2CC2)n1. The van der Waals surface area contributed by atoms with Crippen LogP contribution >= 0.6 is 11.6 Å². The first-order chi connectivity index (χ1) is 18.2. The Bertz CT molecular complexity index is 1540. The summed E-state index contributed by atoms with van der Waals surface area (Å²) in [6.07, 6.45) is 6.37. The van der Waals surface area contributed by atoms with Crippen LogP contribution in [0.5, 0.6) is 5.88 Å². The Hall–Kier alpha value is -3.58. The van der Waals surface area contributed by atoms with Crippen molar-refractivity contribution in [2.45, 2.75) is 50.8 Å². The van der Waals surface area contributed by atoms with Crippen LogP contribution in [0.25, 0.3) is 11.5 Å². The van der Waals surface area contributed by atoms with E-state index < -0.39 is 21.2 Å². The van der Waals surface area contributed by atoms with Gasteiger partial charge < -0.3 is 9.26 Å². The Morgan fingerprint density at radius 1 is 1.18 bits per heavy atom. The first-order valence-electron chi connectivity index (χ1n) is 12.1. The minimum absolute atomic E-state index is 0.0678. The molecule has 0 saturated heterocycles. The number of pyridine rings is 1. The van der Waals surface area contributed by atoms with Crippen molar-refractivity contribution in [1.82, 2.24) is 34.9 Å². The molecule has 0 radical (unpaired) electrons. The lowest BCUT2D eigenvalue weighted by molar-refractivity contribution is 0.398. The fourth-order valence-corrected chi connectivity index (χ4v) is 5.64. The fraction of sp³-hybridized carbons (Fsp3) is 0.417. The predicted molar refractivity (Wildman–Crippen MR) is 139 cm³/mol. The van der Waals surface area contributed by atoms with E-state index in [0.29, 0.717) is 33.9 Å². The van der Waals surface area contributed by atoms with Gasteiger partial charge in [0.15, 0.2) is 5.82 Å². The molecule has 1 aliphatic carbocycles. The van der Waals surface area contributed by atoms with Gasteiger partial charge in [-0.05, 0) is 38.7 Å². The van der Waals surface area contributed by atoms with Crippen LogP contribution in [0.2, 0.25) is 5.02 Å².